The third-order valence-electron chi connectivity index (χ3n) is 5.16. The summed E-state index contributed by atoms with van der Waals surface area (Å²) in [6.45, 7) is 0.927. The van der Waals surface area contributed by atoms with Gasteiger partial charge in [-0.25, -0.2) is 0 Å². The zero-order valence-corrected chi connectivity index (χ0v) is 18.2. The van der Waals surface area contributed by atoms with Gasteiger partial charge in [-0.1, -0.05) is 12.8 Å². The Bertz CT molecular complexity index is 939. The lowest BCUT2D eigenvalue weighted by Gasteiger charge is -2.19. The summed E-state index contributed by atoms with van der Waals surface area (Å²) in [4.78, 5) is 0. The largest absolute Gasteiger partial charge is 0.493 e. The topological polar surface area (TPSA) is 84.2 Å². The van der Waals surface area contributed by atoms with Gasteiger partial charge >= 0.3 is 18.3 Å². The first-order valence-corrected chi connectivity index (χ1v) is 10.3. The summed E-state index contributed by atoms with van der Waals surface area (Å²) in [7, 11) is 0. The number of alkyl halides is 8. The average molecular weight is 503 g/mol. The molecule has 0 saturated carbocycles. The zero-order valence-electron chi connectivity index (χ0n) is 18.2. The van der Waals surface area contributed by atoms with Gasteiger partial charge in [0.2, 0.25) is 0 Å². The molecular weight excluding hydrogens is 478 g/mol. The van der Waals surface area contributed by atoms with Crippen molar-refractivity contribution in [3.8, 4) is 17.0 Å². The van der Waals surface area contributed by atoms with Gasteiger partial charge in [0.25, 0.3) is 0 Å². The van der Waals surface area contributed by atoms with Crippen molar-refractivity contribution in [1.82, 2.24) is 10.2 Å². The fourth-order valence-corrected chi connectivity index (χ4v) is 3.01. The predicted molar refractivity (Wildman–Crippen MR) is 107 cm³/mol. The number of aliphatic hydroxyl groups excluding tert-OH is 1. The highest BCUT2D eigenvalue weighted by Gasteiger charge is 2.56. The van der Waals surface area contributed by atoms with Crippen molar-refractivity contribution >= 4 is 0 Å². The number of rotatable bonds is 11. The minimum absolute atomic E-state index is 0.0511. The molecule has 0 radical (unpaired) electrons. The lowest BCUT2D eigenvalue weighted by Crippen LogP contribution is -2.37. The van der Waals surface area contributed by atoms with Crippen LogP contribution in [0.4, 0.5) is 35.1 Å². The number of hydrogen-bond donors (Lipinski definition) is 3. The Morgan fingerprint density at radius 3 is 2.21 bits per heavy atom. The molecule has 13 heteroatoms. The summed E-state index contributed by atoms with van der Waals surface area (Å²) in [5.74, 6) is -5.21. The molecular formula is C21H25F8N3O2. The van der Waals surface area contributed by atoms with Gasteiger partial charge in [0.15, 0.2) is 0 Å². The number of aromatic nitrogens is 2. The maximum atomic E-state index is 13.6. The SMILES string of the molecule is C[C@@](N)(CO)c1cc(-c2ccc(OCCCCCCC(F)(F)C(F)(F)F)c(C(F)(F)F)c2)n[nH]1. The molecule has 34 heavy (non-hydrogen) atoms. The Morgan fingerprint density at radius 1 is 0.971 bits per heavy atom. The molecule has 2 rings (SSSR count). The number of benzene rings is 1. The van der Waals surface area contributed by atoms with Crippen molar-refractivity contribution in [3.63, 3.8) is 0 Å². The number of aliphatic hydroxyl groups is 1. The van der Waals surface area contributed by atoms with Crippen LogP contribution in [-0.4, -0.2) is 40.6 Å². The van der Waals surface area contributed by atoms with Crippen molar-refractivity contribution in [2.75, 3.05) is 13.2 Å². The minimum atomic E-state index is -5.60. The van der Waals surface area contributed by atoms with E-state index in [4.69, 9.17) is 10.5 Å². The van der Waals surface area contributed by atoms with E-state index >= 15 is 0 Å². The summed E-state index contributed by atoms with van der Waals surface area (Å²) < 4.78 is 108. The minimum Gasteiger partial charge on any atom is -0.493 e. The fraction of sp³-hybridized carbons (Fsp3) is 0.571. The van der Waals surface area contributed by atoms with Gasteiger partial charge in [0.1, 0.15) is 5.75 Å². The van der Waals surface area contributed by atoms with E-state index in [-0.39, 0.29) is 43.5 Å². The van der Waals surface area contributed by atoms with Gasteiger partial charge in [-0.05, 0) is 44.0 Å². The molecule has 0 aliphatic heterocycles. The lowest BCUT2D eigenvalue weighted by molar-refractivity contribution is -0.284. The molecule has 1 heterocycles. The maximum absolute atomic E-state index is 13.6. The van der Waals surface area contributed by atoms with E-state index in [2.05, 4.69) is 10.2 Å². The molecule has 0 saturated heterocycles. The van der Waals surface area contributed by atoms with Crippen LogP contribution in [0, 0.1) is 0 Å². The smallest absolute Gasteiger partial charge is 0.453 e. The molecule has 0 spiro atoms. The van der Waals surface area contributed by atoms with Gasteiger partial charge in [-0.15, -0.1) is 0 Å². The molecule has 1 aromatic heterocycles. The van der Waals surface area contributed by atoms with E-state index in [0.717, 1.165) is 12.1 Å². The van der Waals surface area contributed by atoms with Gasteiger partial charge in [0, 0.05) is 12.0 Å². The van der Waals surface area contributed by atoms with E-state index < -0.39 is 48.2 Å². The van der Waals surface area contributed by atoms with Crippen molar-refractivity contribution in [2.24, 2.45) is 5.73 Å². The Hall–Kier alpha value is -2.41. The van der Waals surface area contributed by atoms with Gasteiger partial charge < -0.3 is 15.6 Å². The lowest BCUT2D eigenvalue weighted by atomic mass is 9.99. The van der Waals surface area contributed by atoms with E-state index in [1.54, 1.807) is 0 Å². The van der Waals surface area contributed by atoms with Gasteiger partial charge in [-0.3, -0.25) is 5.10 Å². The normalized spacial score (nSPS) is 14.8. The number of nitrogens with two attached hydrogens (primary N) is 1. The summed E-state index contributed by atoms with van der Waals surface area (Å²) in [5.41, 5.74) is 4.29. The number of hydrogen-bond acceptors (Lipinski definition) is 4. The molecule has 2 aromatic rings. The van der Waals surface area contributed by atoms with Crippen molar-refractivity contribution in [2.45, 2.75) is 62.8 Å². The first-order chi connectivity index (χ1) is 15.6. The second kappa shape index (κ2) is 10.5. The number of unbranched alkanes of at least 4 members (excludes halogenated alkanes) is 3. The van der Waals surface area contributed by atoms with E-state index in [0.29, 0.717) is 5.69 Å². The summed E-state index contributed by atoms with van der Waals surface area (Å²) in [6.07, 6.45) is -11.6. The van der Waals surface area contributed by atoms with Crippen LogP contribution >= 0.6 is 0 Å². The quantitative estimate of drug-likeness (QED) is 0.268. The highest BCUT2D eigenvalue weighted by atomic mass is 19.4. The molecule has 1 aromatic carbocycles. The Labute approximate surface area is 190 Å². The Kier molecular flexibility index (Phi) is 8.57. The van der Waals surface area contributed by atoms with Crippen LogP contribution in [0.2, 0.25) is 0 Å². The number of aromatic amines is 1. The highest BCUT2D eigenvalue weighted by Crippen LogP contribution is 2.40. The monoisotopic (exact) mass is 503 g/mol. The van der Waals surface area contributed by atoms with Crippen LogP contribution in [0.15, 0.2) is 24.3 Å². The third-order valence-corrected chi connectivity index (χ3v) is 5.16. The number of halogens is 8. The van der Waals surface area contributed by atoms with E-state index in [9.17, 15) is 40.2 Å². The molecule has 0 aliphatic carbocycles. The standard InChI is InChI=1S/C21H25F8N3O2/c1-18(30,12-33)17-11-15(31-32-17)13-6-7-16(14(10-13)20(24,25)26)34-9-5-3-2-4-8-19(22,23)21(27,28)29/h6-7,10-11,33H,2-5,8-9,12,30H2,1H3,(H,31,32)/t18-/m1/s1. The molecule has 0 aliphatic rings. The Morgan fingerprint density at radius 2 is 1.62 bits per heavy atom. The van der Waals surface area contributed by atoms with Crippen LogP contribution in [-0.2, 0) is 11.7 Å². The van der Waals surface area contributed by atoms with Gasteiger partial charge in [-0.2, -0.15) is 40.2 Å². The van der Waals surface area contributed by atoms with Crippen molar-refractivity contribution in [1.29, 1.82) is 0 Å². The average Bonchev–Trinajstić information content (AvgIpc) is 3.22. The van der Waals surface area contributed by atoms with Crippen LogP contribution in [0.5, 0.6) is 5.75 Å². The molecule has 192 valence electrons. The molecule has 5 nitrogen and oxygen atoms in total. The highest BCUT2D eigenvalue weighted by molar-refractivity contribution is 5.63. The number of nitrogens with one attached hydrogen (secondary N) is 1. The third kappa shape index (κ3) is 7.05. The summed E-state index contributed by atoms with van der Waals surface area (Å²) in [6, 6.07) is 4.75. The van der Waals surface area contributed by atoms with Crippen LogP contribution in [0.3, 0.4) is 0 Å². The molecule has 0 amide bonds. The first-order valence-electron chi connectivity index (χ1n) is 10.3. The van der Waals surface area contributed by atoms with Crippen LogP contribution < -0.4 is 10.5 Å². The van der Waals surface area contributed by atoms with Crippen molar-refractivity contribution in [3.05, 3.63) is 35.5 Å². The van der Waals surface area contributed by atoms with Crippen LogP contribution in [0.25, 0.3) is 11.3 Å². The summed E-state index contributed by atoms with van der Waals surface area (Å²) in [5, 5.41) is 15.8. The second-order valence-corrected chi connectivity index (χ2v) is 8.17. The summed E-state index contributed by atoms with van der Waals surface area (Å²) >= 11 is 0. The number of H-pyrrole nitrogens is 1. The van der Waals surface area contributed by atoms with E-state index in [1.165, 1.54) is 19.1 Å². The van der Waals surface area contributed by atoms with Gasteiger partial charge in [0.05, 0.1) is 35.7 Å². The zero-order chi connectivity index (χ0) is 25.8. The maximum Gasteiger partial charge on any atom is 0.453 e. The molecule has 4 N–H and O–H groups in total. The number of nitrogens with zero attached hydrogens (tertiary/aromatic N) is 1. The first kappa shape index (κ1) is 27.8. The Balaban J connectivity index is 1.98. The molecule has 0 unspecified atom stereocenters. The van der Waals surface area contributed by atoms with Crippen molar-refractivity contribution < 1.29 is 45.0 Å². The molecule has 0 fully saturated rings. The second-order valence-electron chi connectivity index (χ2n) is 8.17. The van der Waals surface area contributed by atoms with Crippen LogP contribution in [0.1, 0.15) is 50.3 Å². The fourth-order valence-electron chi connectivity index (χ4n) is 3.01. The number of ether oxygens (including phenoxy) is 1. The predicted octanol–water partition coefficient (Wildman–Crippen LogP) is 5.79. The molecule has 1 atom stereocenters. The van der Waals surface area contributed by atoms with E-state index in [1.807, 2.05) is 0 Å². The molecule has 0 bridgehead atoms.